The van der Waals surface area contributed by atoms with Crippen LogP contribution in [-0.4, -0.2) is 18.6 Å². The smallest absolute Gasteiger partial charge is 0.225 e. The Morgan fingerprint density at radius 2 is 1.88 bits per heavy atom. The number of amides is 1. The van der Waals surface area contributed by atoms with E-state index in [1.807, 2.05) is 58.0 Å². The molecule has 1 aromatic rings. The number of rotatable bonds is 4. The number of para-hydroxylation sites is 1. The second-order valence-corrected chi connectivity index (χ2v) is 5.25. The second kappa shape index (κ2) is 5.71. The van der Waals surface area contributed by atoms with Gasteiger partial charge in [0.05, 0.1) is 6.04 Å². The molecule has 0 aliphatic carbocycles. The minimum Gasteiger partial charge on any atom is -0.491 e. The van der Waals surface area contributed by atoms with Crippen LogP contribution in [0.15, 0.2) is 30.3 Å². The Balaban J connectivity index is 2.36. The maximum atomic E-state index is 11.7. The number of ether oxygens (including phenoxy) is 1. The third-order valence-corrected chi connectivity index (χ3v) is 2.30. The zero-order valence-electron chi connectivity index (χ0n) is 11.0. The molecule has 0 bridgehead atoms. The molecule has 0 aromatic heterocycles. The molecule has 3 nitrogen and oxygen atoms in total. The zero-order chi connectivity index (χ0) is 12.9. The van der Waals surface area contributed by atoms with Gasteiger partial charge in [-0.05, 0) is 19.1 Å². The van der Waals surface area contributed by atoms with Crippen molar-refractivity contribution in [1.29, 1.82) is 0 Å². The van der Waals surface area contributed by atoms with Crippen molar-refractivity contribution < 1.29 is 9.53 Å². The van der Waals surface area contributed by atoms with Crippen LogP contribution in [-0.2, 0) is 4.79 Å². The molecule has 0 aliphatic rings. The molecule has 0 saturated carbocycles. The number of hydrogen-bond donors (Lipinski definition) is 1. The van der Waals surface area contributed by atoms with Crippen LogP contribution in [0.4, 0.5) is 0 Å². The van der Waals surface area contributed by atoms with Crippen LogP contribution in [0.1, 0.15) is 27.7 Å². The Morgan fingerprint density at radius 1 is 1.29 bits per heavy atom. The summed E-state index contributed by atoms with van der Waals surface area (Å²) in [6, 6.07) is 9.59. The average Bonchev–Trinajstić information content (AvgIpc) is 2.26. The quantitative estimate of drug-likeness (QED) is 0.871. The van der Waals surface area contributed by atoms with Crippen LogP contribution in [0.25, 0.3) is 0 Å². The topological polar surface area (TPSA) is 38.3 Å². The molecule has 17 heavy (non-hydrogen) atoms. The van der Waals surface area contributed by atoms with Crippen molar-refractivity contribution in [3.63, 3.8) is 0 Å². The van der Waals surface area contributed by atoms with Crippen molar-refractivity contribution in [3.8, 4) is 5.75 Å². The van der Waals surface area contributed by atoms with E-state index < -0.39 is 0 Å². The summed E-state index contributed by atoms with van der Waals surface area (Å²) >= 11 is 0. The molecule has 1 amide bonds. The molecule has 1 rings (SSSR count). The van der Waals surface area contributed by atoms with Gasteiger partial charge in [0.2, 0.25) is 5.91 Å². The third-order valence-electron chi connectivity index (χ3n) is 2.30. The fraction of sp³-hybridized carbons (Fsp3) is 0.500. The molecule has 1 atom stereocenters. The van der Waals surface area contributed by atoms with Crippen LogP contribution in [0.2, 0.25) is 0 Å². The minimum absolute atomic E-state index is 0.00179. The summed E-state index contributed by atoms with van der Waals surface area (Å²) < 4.78 is 5.57. The summed E-state index contributed by atoms with van der Waals surface area (Å²) in [5.41, 5.74) is -0.360. The first kappa shape index (κ1) is 13.6. The van der Waals surface area contributed by atoms with E-state index in [1.165, 1.54) is 0 Å². The van der Waals surface area contributed by atoms with Gasteiger partial charge in [0.15, 0.2) is 0 Å². The number of hydrogen-bond acceptors (Lipinski definition) is 2. The van der Waals surface area contributed by atoms with Gasteiger partial charge in [0.25, 0.3) is 0 Å². The van der Waals surface area contributed by atoms with Gasteiger partial charge in [0.1, 0.15) is 12.4 Å². The van der Waals surface area contributed by atoms with Crippen LogP contribution in [0.3, 0.4) is 0 Å². The van der Waals surface area contributed by atoms with Crippen molar-refractivity contribution in [1.82, 2.24) is 5.32 Å². The van der Waals surface area contributed by atoms with E-state index in [2.05, 4.69) is 5.32 Å². The first-order valence-electron chi connectivity index (χ1n) is 5.88. The first-order valence-corrected chi connectivity index (χ1v) is 5.88. The molecular formula is C14H21NO2. The summed E-state index contributed by atoms with van der Waals surface area (Å²) in [5, 5.41) is 2.93. The lowest BCUT2D eigenvalue weighted by Gasteiger charge is -2.22. The second-order valence-electron chi connectivity index (χ2n) is 5.25. The van der Waals surface area contributed by atoms with Crippen molar-refractivity contribution in [2.45, 2.75) is 33.7 Å². The zero-order valence-corrected chi connectivity index (χ0v) is 11.0. The first-order chi connectivity index (χ1) is 7.89. The van der Waals surface area contributed by atoms with Gasteiger partial charge in [-0.3, -0.25) is 4.79 Å². The highest BCUT2D eigenvalue weighted by atomic mass is 16.5. The standard InChI is InChI=1S/C14H21NO2/c1-11(15-13(16)14(2,3)4)10-17-12-8-6-5-7-9-12/h5-9,11H,10H2,1-4H3,(H,15,16)/t11-/m1/s1. The maximum Gasteiger partial charge on any atom is 0.225 e. The molecule has 0 aliphatic heterocycles. The molecule has 94 valence electrons. The van der Waals surface area contributed by atoms with Gasteiger partial charge in [0, 0.05) is 5.41 Å². The Labute approximate surface area is 103 Å². The molecule has 0 radical (unpaired) electrons. The van der Waals surface area contributed by atoms with Gasteiger partial charge in [-0.25, -0.2) is 0 Å². The highest BCUT2D eigenvalue weighted by Crippen LogP contribution is 2.13. The van der Waals surface area contributed by atoms with Gasteiger partial charge < -0.3 is 10.1 Å². The largest absolute Gasteiger partial charge is 0.491 e. The molecule has 0 fully saturated rings. The Kier molecular flexibility index (Phi) is 4.55. The fourth-order valence-electron chi connectivity index (χ4n) is 1.22. The van der Waals surface area contributed by atoms with Crippen LogP contribution in [0.5, 0.6) is 5.75 Å². The van der Waals surface area contributed by atoms with Crippen molar-refractivity contribution in [3.05, 3.63) is 30.3 Å². The van der Waals surface area contributed by atoms with Crippen LogP contribution >= 0.6 is 0 Å². The van der Waals surface area contributed by atoms with E-state index in [-0.39, 0.29) is 17.4 Å². The lowest BCUT2D eigenvalue weighted by Crippen LogP contribution is -2.42. The van der Waals surface area contributed by atoms with Crippen molar-refractivity contribution in [2.24, 2.45) is 5.41 Å². The molecule has 3 heteroatoms. The van der Waals surface area contributed by atoms with Gasteiger partial charge in [-0.1, -0.05) is 39.0 Å². The van der Waals surface area contributed by atoms with Crippen LogP contribution in [0, 0.1) is 5.41 Å². The number of benzene rings is 1. The summed E-state index contributed by atoms with van der Waals surface area (Å²) in [4.78, 5) is 11.7. The Morgan fingerprint density at radius 3 is 2.41 bits per heavy atom. The third kappa shape index (κ3) is 4.89. The summed E-state index contributed by atoms with van der Waals surface area (Å²) in [7, 11) is 0. The predicted molar refractivity (Wildman–Crippen MR) is 69.0 cm³/mol. The Bertz CT molecular complexity index is 354. The highest BCUT2D eigenvalue weighted by molar-refractivity contribution is 5.81. The van der Waals surface area contributed by atoms with Crippen molar-refractivity contribution in [2.75, 3.05) is 6.61 Å². The summed E-state index contributed by atoms with van der Waals surface area (Å²) in [6.07, 6.45) is 0. The molecule has 0 unspecified atom stereocenters. The van der Waals surface area contributed by atoms with Crippen LogP contribution < -0.4 is 10.1 Å². The minimum atomic E-state index is -0.360. The fourth-order valence-corrected chi connectivity index (χ4v) is 1.22. The summed E-state index contributed by atoms with van der Waals surface area (Å²) in [5.74, 6) is 0.867. The molecule has 0 saturated heterocycles. The van der Waals surface area contributed by atoms with Gasteiger partial charge in [-0.2, -0.15) is 0 Å². The molecular weight excluding hydrogens is 214 g/mol. The number of carbonyl (C=O) groups is 1. The van der Waals surface area contributed by atoms with E-state index in [4.69, 9.17) is 4.74 Å². The predicted octanol–water partition coefficient (Wildman–Crippen LogP) is 2.62. The highest BCUT2D eigenvalue weighted by Gasteiger charge is 2.22. The van der Waals surface area contributed by atoms with E-state index in [0.717, 1.165) is 5.75 Å². The molecule has 0 heterocycles. The number of nitrogens with one attached hydrogen (secondary N) is 1. The number of carbonyl (C=O) groups excluding carboxylic acids is 1. The average molecular weight is 235 g/mol. The lowest BCUT2D eigenvalue weighted by atomic mass is 9.95. The van der Waals surface area contributed by atoms with E-state index in [1.54, 1.807) is 0 Å². The SMILES string of the molecule is C[C@H](COc1ccccc1)NC(=O)C(C)(C)C. The lowest BCUT2D eigenvalue weighted by molar-refractivity contribution is -0.129. The van der Waals surface area contributed by atoms with E-state index in [9.17, 15) is 4.79 Å². The Hall–Kier alpha value is -1.51. The molecule has 0 spiro atoms. The molecule has 1 aromatic carbocycles. The maximum absolute atomic E-state index is 11.7. The normalized spacial score (nSPS) is 12.9. The van der Waals surface area contributed by atoms with Crippen molar-refractivity contribution >= 4 is 5.91 Å². The van der Waals surface area contributed by atoms with Gasteiger partial charge >= 0.3 is 0 Å². The summed E-state index contributed by atoms with van der Waals surface area (Å²) in [6.45, 7) is 8.10. The van der Waals surface area contributed by atoms with E-state index in [0.29, 0.717) is 6.61 Å². The van der Waals surface area contributed by atoms with E-state index >= 15 is 0 Å². The monoisotopic (exact) mass is 235 g/mol. The molecule has 1 N–H and O–H groups in total. The van der Waals surface area contributed by atoms with Gasteiger partial charge in [-0.15, -0.1) is 0 Å².